The van der Waals surface area contributed by atoms with E-state index in [1.807, 2.05) is 0 Å². The van der Waals surface area contributed by atoms with Gasteiger partial charge in [0.25, 0.3) is 0 Å². The van der Waals surface area contributed by atoms with Crippen LogP contribution in [0.15, 0.2) is 17.9 Å². The van der Waals surface area contributed by atoms with Crippen molar-refractivity contribution in [2.75, 3.05) is 20.8 Å². The van der Waals surface area contributed by atoms with Crippen molar-refractivity contribution in [3.05, 3.63) is 40.4 Å². The number of esters is 2. The van der Waals surface area contributed by atoms with Crippen LogP contribution in [0, 0.1) is 0 Å². The lowest BCUT2D eigenvalue weighted by Gasteiger charge is -2.12. The van der Waals surface area contributed by atoms with E-state index < -0.39 is 23.5 Å². The molecule has 2 rings (SSSR count). The molecule has 1 aromatic heterocycles. The highest BCUT2D eigenvalue weighted by atomic mass is 16.5. The maximum absolute atomic E-state index is 12.6. The summed E-state index contributed by atoms with van der Waals surface area (Å²) in [6.07, 6.45) is 3.47. The van der Waals surface area contributed by atoms with Gasteiger partial charge in [-0.2, -0.15) is 0 Å². The number of rotatable bonds is 5. The number of hydrogen-bond donors (Lipinski definition) is 0. The number of ketones is 2. The van der Waals surface area contributed by atoms with Crippen LogP contribution in [0.2, 0.25) is 0 Å². The van der Waals surface area contributed by atoms with Gasteiger partial charge in [-0.25, -0.2) is 9.59 Å². The molecule has 1 aromatic rings. The van der Waals surface area contributed by atoms with Crippen LogP contribution < -0.4 is 0 Å². The lowest BCUT2D eigenvalue weighted by molar-refractivity contribution is -0.137. The molecule has 1 aliphatic carbocycles. The highest BCUT2D eigenvalue weighted by molar-refractivity contribution is 6.27. The summed E-state index contributed by atoms with van der Waals surface area (Å²) in [4.78, 5) is 48.7. The normalized spacial score (nSPS) is 13.5. The van der Waals surface area contributed by atoms with Crippen molar-refractivity contribution in [1.82, 2.24) is 4.57 Å². The molecule has 0 saturated heterocycles. The second-order valence-corrected chi connectivity index (χ2v) is 5.03. The second-order valence-electron chi connectivity index (χ2n) is 5.03. The molecule has 0 atom stereocenters. The van der Waals surface area contributed by atoms with E-state index in [2.05, 4.69) is 0 Å². The molecule has 8 nitrogen and oxygen atoms in total. The van der Waals surface area contributed by atoms with Crippen LogP contribution in [0.25, 0.3) is 6.08 Å². The van der Waals surface area contributed by atoms with Gasteiger partial charge in [0.15, 0.2) is 5.76 Å². The van der Waals surface area contributed by atoms with Gasteiger partial charge in [0.05, 0.1) is 37.6 Å². The van der Waals surface area contributed by atoms with Gasteiger partial charge in [-0.05, 0) is 13.0 Å². The zero-order valence-electron chi connectivity index (χ0n) is 14.2. The molecule has 0 bridgehead atoms. The van der Waals surface area contributed by atoms with E-state index >= 15 is 0 Å². The van der Waals surface area contributed by atoms with Gasteiger partial charge in [0.2, 0.25) is 11.6 Å². The van der Waals surface area contributed by atoms with Gasteiger partial charge in [0.1, 0.15) is 5.69 Å². The quantitative estimate of drug-likeness (QED) is 0.584. The predicted molar refractivity (Wildman–Crippen MR) is 86.2 cm³/mol. The minimum atomic E-state index is -0.807. The third kappa shape index (κ3) is 3.10. The molecule has 0 unspecified atom stereocenters. The van der Waals surface area contributed by atoms with Crippen LogP contribution in [0.5, 0.6) is 0 Å². The highest BCUT2D eigenvalue weighted by Gasteiger charge is 2.37. The molecule has 0 radical (unpaired) electrons. The van der Waals surface area contributed by atoms with Crippen molar-refractivity contribution in [2.45, 2.75) is 6.92 Å². The SMILES string of the molecule is CCOC(=O)/C=C/c1c(C(=O)OC)c2c(n1C)C(=O)C=C(OC)C2=O. The lowest BCUT2D eigenvalue weighted by Crippen LogP contribution is -2.21. The van der Waals surface area contributed by atoms with Gasteiger partial charge < -0.3 is 18.8 Å². The maximum Gasteiger partial charge on any atom is 0.340 e. The smallest absolute Gasteiger partial charge is 0.340 e. The van der Waals surface area contributed by atoms with E-state index in [0.717, 1.165) is 19.3 Å². The molecule has 0 fully saturated rings. The zero-order chi connectivity index (χ0) is 18.7. The Morgan fingerprint density at radius 3 is 2.48 bits per heavy atom. The number of fused-ring (bicyclic) bond motifs is 1. The van der Waals surface area contributed by atoms with Crippen LogP contribution in [-0.2, 0) is 26.1 Å². The summed E-state index contributed by atoms with van der Waals surface area (Å²) in [6, 6.07) is 0. The third-order valence-corrected chi connectivity index (χ3v) is 3.66. The molecule has 0 aliphatic heterocycles. The number of carbonyl (C=O) groups excluding carboxylic acids is 4. The first-order chi connectivity index (χ1) is 11.9. The van der Waals surface area contributed by atoms with E-state index in [4.69, 9.17) is 14.2 Å². The number of methoxy groups -OCH3 is 2. The Morgan fingerprint density at radius 2 is 1.92 bits per heavy atom. The monoisotopic (exact) mass is 347 g/mol. The van der Waals surface area contributed by atoms with Gasteiger partial charge in [-0.3, -0.25) is 9.59 Å². The van der Waals surface area contributed by atoms with Crippen molar-refractivity contribution in [3.8, 4) is 0 Å². The Balaban J connectivity index is 2.69. The van der Waals surface area contributed by atoms with Gasteiger partial charge >= 0.3 is 11.9 Å². The number of aromatic nitrogens is 1. The van der Waals surface area contributed by atoms with Crippen molar-refractivity contribution < 1.29 is 33.4 Å². The zero-order valence-corrected chi connectivity index (χ0v) is 14.2. The summed E-state index contributed by atoms with van der Waals surface area (Å²) < 4.78 is 15.8. The Morgan fingerprint density at radius 1 is 1.24 bits per heavy atom. The van der Waals surface area contributed by atoms with E-state index in [0.29, 0.717) is 0 Å². The predicted octanol–water partition coefficient (Wildman–Crippen LogP) is 1.30. The molecule has 0 spiro atoms. The van der Waals surface area contributed by atoms with Crippen molar-refractivity contribution in [2.24, 2.45) is 7.05 Å². The van der Waals surface area contributed by atoms with Crippen LogP contribution in [0.3, 0.4) is 0 Å². The Labute approximate surface area is 143 Å². The van der Waals surface area contributed by atoms with Crippen molar-refractivity contribution >= 4 is 29.6 Å². The van der Waals surface area contributed by atoms with E-state index in [1.54, 1.807) is 6.92 Å². The average molecular weight is 347 g/mol. The molecule has 8 heteroatoms. The van der Waals surface area contributed by atoms with Gasteiger partial charge in [-0.1, -0.05) is 0 Å². The van der Waals surface area contributed by atoms with E-state index in [9.17, 15) is 19.2 Å². The number of Topliss-reactive ketones (excluding diaryl/α,β-unsaturated/α-hetero) is 1. The minimum absolute atomic E-state index is 0.0229. The molecular weight excluding hydrogens is 330 g/mol. The van der Waals surface area contributed by atoms with Crippen LogP contribution >= 0.6 is 0 Å². The number of carbonyl (C=O) groups is 4. The van der Waals surface area contributed by atoms with Gasteiger partial charge in [-0.15, -0.1) is 0 Å². The van der Waals surface area contributed by atoms with Crippen molar-refractivity contribution in [1.29, 1.82) is 0 Å². The second kappa shape index (κ2) is 7.16. The highest BCUT2D eigenvalue weighted by Crippen LogP contribution is 2.31. The molecule has 1 heterocycles. The summed E-state index contributed by atoms with van der Waals surface area (Å²) in [5, 5.41) is 0. The first-order valence-electron chi connectivity index (χ1n) is 7.37. The number of ether oxygens (including phenoxy) is 3. The fourth-order valence-corrected chi connectivity index (χ4v) is 2.58. The third-order valence-electron chi connectivity index (χ3n) is 3.66. The number of nitrogens with zero attached hydrogens (tertiary/aromatic N) is 1. The fourth-order valence-electron chi connectivity index (χ4n) is 2.58. The Hall–Kier alpha value is -3.16. The molecule has 0 amide bonds. The molecule has 0 aromatic carbocycles. The maximum atomic E-state index is 12.6. The lowest BCUT2D eigenvalue weighted by atomic mass is 9.96. The average Bonchev–Trinajstić information content (AvgIpc) is 2.89. The first kappa shape index (κ1) is 18.2. The first-order valence-corrected chi connectivity index (χ1v) is 7.37. The Kier molecular flexibility index (Phi) is 5.21. The largest absolute Gasteiger partial charge is 0.492 e. The molecule has 25 heavy (non-hydrogen) atoms. The number of hydrogen-bond acceptors (Lipinski definition) is 7. The summed E-state index contributed by atoms with van der Waals surface area (Å²) >= 11 is 0. The van der Waals surface area contributed by atoms with E-state index in [1.165, 1.54) is 24.8 Å². The van der Waals surface area contributed by atoms with Crippen LogP contribution in [0.4, 0.5) is 0 Å². The summed E-state index contributed by atoms with van der Waals surface area (Å²) in [7, 11) is 3.92. The van der Waals surface area contributed by atoms with E-state index in [-0.39, 0.29) is 34.9 Å². The summed E-state index contributed by atoms with van der Waals surface area (Å²) in [6.45, 7) is 1.84. The molecule has 1 aliphatic rings. The summed E-state index contributed by atoms with van der Waals surface area (Å²) in [5.41, 5.74) is -0.0178. The minimum Gasteiger partial charge on any atom is -0.492 e. The topological polar surface area (TPSA) is 101 Å². The van der Waals surface area contributed by atoms with Crippen molar-refractivity contribution in [3.63, 3.8) is 0 Å². The molecule has 0 N–H and O–H groups in total. The summed E-state index contributed by atoms with van der Waals surface area (Å²) in [5.74, 6) is -2.70. The molecule has 132 valence electrons. The molecule has 0 saturated carbocycles. The van der Waals surface area contributed by atoms with Crippen LogP contribution in [-0.4, -0.2) is 48.9 Å². The standard InChI is InChI=1S/C17H17NO7/c1-5-25-12(20)7-6-9-13(17(22)24-4)14-15(18(9)2)10(19)8-11(23-3)16(14)21/h6-8H,5H2,1-4H3/b7-6+. The molecular formula is C17H17NO7. The van der Waals surface area contributed by atoms with Gasteiger partial charge in [0, 0.05) is 19.2 Å². The van der Waals surface area contributed by atoms with Crippen LogP contribution in [0.1, 0.15) is 43.8 Å². The fraction of sp³-hybridized carbons (Fsp3) is 0.294. The Bertz CT molecular complexity index is 827. The number of allylic oxidation sites excluding steroid dienone is 2.